The van der Waals surface area contributed by atoms with Crippen LogP contribution in [0.4, 0.5) is 21.6 Å². The number of hydrogen-bond acceptors (Lipinski definition) is 7. The van der Waals surface area contributed by atoms with Crippen molar-refractivity contribution in [3.63, 3.8) is 0 Å². The number of nitrogens with zero attached hydrogens (tertiary/aromatic N) is 4. The third-order valence-corrected chi connectivity index (χ3v) is 6.01. The van der Waals surface area contributed by atoms with Crippen LogP contribution < -0.4 is 10.6 Å². The molecule has 3 heterocycles. The maximum Gasteiger partial charge on any atom is 0.276 e. The number of halogens is 2. The Labute approximate surface area is 214 Å². The molecule has 2 N–H and O–H groups in total. The van der Waals surface area contributed by atoms with E-state index in [4.69, 9.17) is 16.0 Å². The number of nitrogens with one attached hydrogen (secondary N) is 2. The molecule has 0 spiro atoms. The molecule has 3 aromatic carbocycles. The van der Waals surface area contributed by atoms with Gasteiger partial charge in [0.25, 0.3) is 5.91 Å². The molecule has 0 radical (unpaired) electrons. The Morgan fingerprint density at radius 3 is 2.81 bits per heavy atom. The molecule has 1 amide bonds. The van der Waals surface area contributed by atoms with Crippen LogP contribution in [0.25, 0.3) is 22.2 Å². The zero-order valence-corrected chi connectivity index (χ0v) is 19.7. The van der Waals surface area contributed by atoms with Crippen molar-refractivity contribution >= 4 is 57.5 Å². The van der Waals surface area contributed by atoms with E-state index in [0.29, 0.717) is 39.8 Å². The van der Waals surface area contributed by atoms with Gasteiger partial charge in [0, 0.05) is 22.2 Å². The van der Waals surface area contributed by atoms with E-state index >= 15 is 0 Å². The summed E-state index contributed by atoms with van der Waals surface area (Å²) in [6.45, 7) is 0. The second-order valence-electron chi connectivity index (χ2n) is 8.10. The molecule has 1 aliphatic rings. The first-order chi connectivity index (χ1) is 18.0. The van der Waals surface area contributed by atoms with Gasteiger partial charge in [-0.1, -0.05) is 29.8 Å². The number of rotatable bonds is 5. The number of anilines is 3. The van der Waals surface area contributed by atoms with E-state index in [0.717, 1.165) is 10.9 Å². The van der Waals surface area contributed by atoms with Gasteiger partial charge in [-0.2, -0.15) is 5.10 Å². The van der Waals surface area contributed by atoms with Crippen LogP contribution in [-0.2, 0) is 4.79 Å². The summed E-state index contributed by atoms with van der Waals surface area (Å²) < 4.78 is 19.5. The summed E-state index contributed by atoms with van der Waals surface area (Å²) in [4.78, 5) is 20.8. The number of hydrogen-bond donors (Lipinski definition) is 2. The topological polar surface area (TPSA) is 105 Å². The normalized spacial score (nSPS) is 13.9. The molecule has 1 aliphatic heterocycles. The summed E-state index contributed by atoms with van der Waals surface area (Å²) in [5.41, 5.74) is 3.75. The first kappa shape index (κ1) is 22.6. The lowest BCUT2D eigenvalue weighted by atomic mass is 10.1. The Morgan fingerprint density at radius 1 is 1.03 bits per heavy atom. The summed E-state index contributed by atoms with van der Waals surface area (Å²) in [6.07, 6.45) is 2.89. The number of para-hydroxylation sites is 1. The minimum absolute atomic E-state index is 0.0109. The van der Waals surface area contributed by atoms with E-state index in [-0.39, 0.29) is 16.6 Å². The van der Waals surface area contributed by atoms with Gasteiger partial charge in [-0.25, -0.2) is 14.4 Å². The number of carbonyl (C=O) groups is 1. The highest BCUT2D eigenvalue weighted by molar-refractivity contribution is 6.53. The maximum atomic E-state index is 13.5. The van der Waals surface area contributed by atoms with Crippen LogP contribution in [-0.4, -0.2) is 27.8 Å². The lowest BCUT2D eigenvalue weighted by Gasteiger charge is -2.09. The van der Waals surface area contributed by atoms with Crippen LogP contribution in [0.2, 0.25) is 5.02 Å². The maximum absolute atomic E-state index is 13.5. The van der Waals surface area contributed by atoms with E-state index in [1.807, 2.05) is 48.5 Å². The van der Waals surface area contributed by atoms with E-state index in [1.54, 1.807) is 12.1 Å². The number of amides is 1. The molecule has 0 aliphatic carbocycles. The van der Waals surface area contributed by atoms with E-state index in [1.165, 1.54) is 24.7 Å². The molecule has 0 fully saturated rings. The quantitative estimate of drug-likeness (QED) is 0.216. The highest BCUT2D eigenvalue weighted by Crippen LogP contribution is 2.30. The Balaban J connectivity index is 1.26. The lowest BCUT2D eigenvalue weighted by Crippen LogP contribution is -2.13. The molecular formula is C27H16ClFN6O2. The summed E-state index contributed by atoms with van der Waals surface area (Å²) in [6, 6.07) is 20.8. The molecule has 0 saturated carbocycles. The van der Waals surface area contributed by atoms with Crippen LogP contribution in [0.3, 0.4) is 0 Å². The number of furan rings is 1. The number of benzene rings is 3. The molecule has 8 nitrogen and oxygen atoms in total. The second kappa shape index (κ2) is 9.29. The summed E-state index contributed by atoms with van der Waals surface area (Å²) >= 11 is 5.91. The molecular weight excluding hydrogens is 495 g/mol. The predicted octanol–water partition coefficient (Wildman–Crippen LogP) is 6.20. The molecule has 0 bridgehead atoms. The van der Waals surface area contributed by atoms with Crippen molar-refractivity contribution in [2.24, 2.45) is 10.2 Å². The third-order valence-electron chi connectivity index (χ3n) is 5.72. The highest BCUT2D eigenvalue weighted by Gasteiger charge is 2.25. The van der Waals surface area contributed by atoms with Gasteiger partial charge in [0.05, 0.1) is 22.4 Å². The van der Waals surface area contributed by atoms with Gasteiger partial charge in [-0.05, 0) is 54.6 Å². The Kier molecular flexibility index (Phi) is 5.66. The fourth-order valence-corrected chi connectivity index (χ4v) is 4.12. The van der Waals surface area contributed by atoms with Gasteiger partial charge in [0.15, 0.2) is 5.71 Å². The lowest BCUT2D eigenvalue weighted by molar-refractivity contribution is -0.110. The van der Waals surface area contributed by atoms with Crippen molar-refractivity contribution in [1.82, 2.24) is 9.97 Å². The summed E-state index contributed by atoms with van der Waals surface area (Å²) in [5.74, 6) is 0.800. The molecule has 0 saturated heterocycles. The Hall–Kier alpha value is -4.89. The standard InChI is InChI=1S/C27H16ClFN6O2/c28-20-12-16(6-8-21(20)29)33-26-19-11-15(5-9-22(19)30-14-31-26)24-10-7-17(37-24)13-32-35-25-18-3-1-2-4-23(18)34-27(25)36/h1-14H,(H,30,31,33)(H,34,35,36)/b32-13+. The third kappa shape index (κ3) is 4.43. The van der Waals surface area contributed by atoms with Crippen molar-refractivity contribution in [1.29, 1.82) is 0 Å². The number of aromatic nitrogens is 2. The largest absolute Gasteiger partial charge is 0.455 e. The van der Waals surface area contributed by atoms with Gasteiger partial charge >= 0.3 is 0 Å². The average Bonchev–Trinajstić information content (AvgIpc) is 3.50. The minimum Gasteiger partial charge on any atom is -0.455 e. The zero-order valence-electron chi connectivity index (χ0n) is 18.9. The van der Waals surface area contributed by atoms with Crippen molar-refractivity contribution in [2.45, 2.75) is 0 Å². The van der Waals surface area contributed by atoms with Crippen LogP contribution >= 0.6 is 11.6 Å². The van der Waals surface area contributed by atoms with Gasteiger partial charge in [-0.15, -0.1) is 5.10 Å². The number of carbonyl (C=O) groups excluding carboxylic acids is 1. The van der Waals surface area contributed by atoms with Gasteiger partial charge in [-0.3, -0.25) is 4.79 Å². The highest BCUT2D eigenvalue weighted by atomic mass is 35.5. The van der Waals surface area contributed by atoms with E-state index in [9.17, 15) is 9.18 Å². The average molecular weight is 511 g/mol. The Bertz CT molecular complexity index is 1750. The summed E-state index contributed by atoms with van der Waals surface area (Å²) in [7, 11) is 0. The van der Waals surface area contributed by atoms with Crippen LogP contribution in [0, 0.1) is 5.82 Å². The van der Waals surface area contributed by atoms with Gasteiger partial charge in [0.2, 0.25) is 0 Å². The first-order valence-corrected chi connectivity index (χ1v) is 11.5. The second-order valence-corrected chi connectivity index (χ2v) is 8.51. The molecule has 0 unspecified atom stereocenters. The van der Waals surface area contributed by atoms with Crippen LogP contribution in [0.5, 0.6) is 0 Å². The molecule has 6 rings (SSSR count). The monoisotopic (exact) mass is 510 g/mol. The minimum atomic E-state index is -0.498. The van der Waals surface area contributed by atoms with Gasteiger partial charge < -0.3 is 15.1 Å². The first-order valence-electron chi connectivity index (χ1n) is 11.1. The SMILES string of the molecule is O=C1Nc2ccccc2/C1=N\N=C\c1ccc(-c2ccc3ncnc(Nc4ccc(F)c(Cl)c4)c3c2)o1. The van der Waals surface area contributed by atoms with Crippen LogP contribution in [0.15, 0.2) is 93.7 Å². The van der Waals surface area contributed by atoms with Crippen molar-refractivity contribution in [2.75, 3.05) is 10.6 Å². The fraction of sp³-hybridized carbons (Fsp3) is 0. The van der Waals surface area contributed by atoms with Gasteiger partial charge in [0.1, 0.15) is 29.5 Å². The molecule has 5 aromatic rings. The fourth-order valence-electron chi connectivity index (χ4n) is 3.94. The Morgan fingerprint density at radius 2 is 1.92 bits per heavy atom. The predicted molar refractivity (Wildman–Crippen MR) is 141 cm³/mol. The van der Waals surface area contributed by atoms with Crippen molar-refractivity contribution in [3.8, 4) is 11.3 Å². The van der Waals surface area contributed by atoms with Crippen LogP contribution in [0.1, 0.15) is 11.3 Å². The zero-order chi connectivity index (χ0) is 25.4. The molecule has 37 heavy (non-hydrogen) atoms. The van der Waals surface area contributed by atoms with Crippen molar-refractivity contribution < 1.29 is 13.6 Å². The smallest absolute Gasteiger partial charge is 0.276 e. The van der Waals surface area contributed by atoms with E-state index in [2.05, 4.69) is 30.8 Å². The number of fused-ring (bicyclic) bond motifs is 2. The molecule has 2 aromatic heterocycles. The summed E-state index contributed by atoms with van der Waals surface area (Å²) in [5, 5.41) is 14.8. The molecule has 10 heteroatoms. The molecule has 0 atom stereocenters. The van der Waals surface area contributed by atoms with E-state index < -0.39 is 5.82 Å². The van der Waals surface area contributed by atoms with Crippen molar-refractivity contribution in [3.05, 3.63) is 101 Å². The molecule has 180 valence electrons.